The highest BCUT2D eigenvalue weighted by atomic mass is 19.1. The first-order valence-electron chi connectivity index (χ1n) is 9.39. The molecule has 8 heteroatoms. The lowest BCUT2D eigenvalue weighted by atomic mass is 9.73. The van der Waals surface area contributed by atoms with E-state index in [2.05, 4.69) is 5.32 Å². The van der Waals surface area contributed by atoms with Crippen LogP contribution in [-0.4, -0.2) is 38.4 Å². The average Bonchev–Trinajstić information content (AvgIpc) is 3.16. The maximum atomic E-state index is 14.4. The van der Waals surface area contributed by atoms with Gasteiger partial charge in [0.25, 0.3) is 0 Å². The van der Waals surface area contributed by atoms with E-state index in [0.29, 0.717) is 43.9 Å². The number of hydrogen-bond donors (Lipinski definition) is 1. The number of amides is 2. The van der Waals surface area contributed by atoms with E-state index in [-0.39, 0.29) is 12.3 Å². The van der Waals surface area contributed by atoms with E-state index in [0.717, 1.165) is 0 Å². The monoisotopic (exact) mass is 402 g/mol. The quantitative estimate of drug-likeness (QED) is 0.849. The number of nitrogens with zero attached hydrogens (tertiary/aromatic N) is 1. The minimum atomic E-state index is -0.957. The molecule has 0 radical (unpaired) electrons. The van der Waals surface area contributed by atoms with Crippen molar-refractivity contribution in [2.45, 2.75) is 18.3 Å². The van der Waals surface area contributed by atoms with Crippen molar-refractivity contribution < 1.29 is 27.8 Å². The second-order valence-electron chi connectivity index (χ2n) is 7.09. The van der Waals surface area contributed by atoms with E-state index in [9.17, 15) is 18.4 Å². The third kappa shape index (κ3) is 3.67. The van der Waals surface area contributed by atoms with Gasteiger partial charge in [0.05, 0.1) is 17.6 Å². The van der Waals surface area contributed by atoms with Crippen LogP contribution in [0.15, 0.2) is 42.5 Å². The number of hydrogen-bond acceptors (Lipinski definition) is 4. The summed E-state index contributed by atoms with van der Waals surface area (Å²) in [5.41, 5.74) is 0.104. The molecule has 2 aliphatic heterocycles. The van der Waals surface area contributed by atoms with Crippen LogP contribution >= 0.6 is 0 Å². The first kappa shape index (κ1) is 19.3. The largest absolute Gasteiger partial charge is 0.447 e. The van der Waals surface area contributed by atoms with E-state index in [4.69, 9.17) is 9.47 Å². The molecule has 4 rings (SSSR count). The molecule has 2 heterocycles. The lowest BCUT2D eigenvalue weighted by molar-refractivity contribution is -0.125. The topological polar surface area (TPSA) is 67.9 Å². The summed E-state index contributed by atoms with van der Waals surface area (Å²) in [6.45, 7) is 1.35. The molecule has 2 saturated heterocycles. The molecule has 2 aromatic carbocycles. The first-order chi connectivity index (χ1) is 14.0. The Hall–Kier alpha value is -3.00. The van der Waals surface area contributed by atoms with Gasteiger partial charge in [-0.05, 0) is 48.7 Å². The summed E-state index contributed by atoms with van der Waals surface area (Å²) in [6, 6.07) is 9.84. The van der Waals surface area contributed by atoms with Crippen LogP contribution in [0.5, 0.6) is 0 Å². The maximum Gasteiger partial charge on any atom is 0.414 e. The van der Waals surface area contributed by atoms with E-state index < -0.39 is 29.0 Å². The van der Waals surface area contributed by atoms with Crippen LogP contribution in [0.2, 0.25) is 0 Å². The van der Waals surface area contributed by atoms with Crippen molar-refractivity contribution in [3.05, 3.63) is 59.7 Å². The second-order valence-corrected chi connectivity index (χ2v) is 7.09. The van der Waals surface area contributed by atoms with Gasteiger partial charge in [-0.2, -0.15) is 0 Å². The number of rotatable bonds is 4. The number of carbonyl (C=O) groups excluding carboxylic acids is 2. The molecule has 0 aromatic heterocycles. The molecule has 6 nitrogen and oxygen atoms in total. The van der Waals surface area contributed by atoms with Crippen LogP contribution < -0.4 is 10.2 Å². The maximum absolute atomic E-state index is 14.4. The summed E-state index contributed by atoms with van der Waals surface area (Å²) in [7, 11) is 0. The molecule has 0 saturated carbocycles. The number of cyclic esters (lactones) is 1. The SMILES string of the molecule is O=C1OCCN1c1ccc(F)c(NC(=O)C2(c3ccc(F)cc3)CCOCC2)c1. The van der Waals surface area contributed by atoms with Crippen LogP contribution in [0.4, 0.5) is 25.0 Å². The van der Waals surface area contributed by atoms with Crippen molar-refractivity contribution in [2.75, 3.05) is 36.6 Å². The molecule has 0 spiro atoms. The Morgan fingerprint density at radius 3 is 2.41 bits per heavy atom. The summed E-state index contributed by atoms with van der Waals surface area (Å²) < 4.78 is 38.1. The molecular formula is C21H20F2N2O4. The van der Waals surface area contributed by atoms with Crippen LogP contribution in [0, 0.1) is 11.6 Å². The van der Waals surface area contributed by atoms with Crippen molar-refractivity contribution in [1.29, 1.82) is 0 Å². The van der Waals surface area contributed by atoms with E-state index in [1.165, 1.54) is 35.2 Å². The van der Waals surface area contributed by atoms with E-state index >= 15 is 0 Å². The average molecular weight is 402 g/mol. The van der Waals surface area contributed by atoms with Crippen molar-refractivity contribution >= 4 is 23.4 Å². The second kappa shape index (κ2) is 7.79. The standard InChI is InChI=1S/C21H20F2N2O4/c22-15-3-1-14(2-4-15)21(7-10-28-11-8-21)19(26)24-18-13-16(5-6-17(18)23)25-9-12-29-20(25)27/h1-6,13H,7-12H2,(H,24,26). The highest BCUT2D eigenvalue weighted by molar-refractivity contribution is 6.00. The molecular weight excluding hydrogens is 382 g/mol. The number of anilines is 2. The molecule has 0 bridgehead atoms. The van der Waals surface area contributed by atoms with Gasteiger partial charge >= 0.3 is 6.09 Å². The van der Waals surface area contributed by atoms with Crippen molar-refractivity contribution in [1.82, 2.24) is 0 Å². The smallest absolute Gasteiger partial charge is 0.414 e. The third-order valence-corrected chi connectivity index (χ3v) is 5.45. The van der Waals surface area contributed by atoms with Crippen LogP contribution in [0.25, 0.3) is 0 Å². The summed E-state index contributed by atoms with van der Waals surface area (Å²) in [5.74, 6) is -1.41. The number of nitrogens with one attached hydrogen (secondary N) is 1. The van der Waals surface area contributed by atoms with Crippen LogP contribution in [-0.2, 0) is 19.7 Å². The zero-order valence-corrected chi connectivity index (χ0v) is 15.6. The lowest BCUT2D eigenvalue weighted by Crippen LogP contribution is -2.45. The number of halogens is 2. The van der Waals surface area contributed by atoms with Gasteiger partial charge in [0.15, 0.2) is 0 Å². The summed E-state index contributed by atoms with van der Waals surface area (Å²) in [6.07, 6.45) is 0.273. The van der Waals surface area contributed by atoms with Crippen LogP contribution in [0.3, 0.4) is 0 Å². The highest BCUT2D eigenvalue weighted by Crippen LogP contribution is 2.37. The normalized spacial score (nSPS) is 18.4. The molecule has 2 aromatic rings. The highest BCUT2D eigenvalue weighted by Gasteiger charge is 2.42. The Labute approximate surface area is 166 Å². The summed E-state index contributed by atoms with van der Waals surface area (Å²) in [5, 5.41) is 2.67. The summed E-state index contributed by atoms with van der Waals surface area (Å²) in [4.78, 5) is 26.4. The summed E-state index contributed by atoms with van der Waals surface area (Å²) >= 11 is 0. The number of ether oxygens (including phenoxy) is 2. The van der Waals surface area contributed by atoms with Gasteiger partial charge in [0, 0.05) is 18.9 Å². The van der Waals surface area contributed by atoms with Gasteiger partial charge in [-0.3, -0.25) is 9.69 Å². The zero-order valence-electron chi connectivity index (χ0n) is 15.6. The Balaban J connectivity index is 1.64. The first-order valence-corrected chi connectivity index (χ1v) is 9.39. The van der Waals surface area contributed by atoms with E-state index in [1.54, 1.807) is 12.1 Å². The number of benzene rings is 2. The Morgan fingerprint density at radius 1 is 1.03 bits per heavy atom. The van der Waals surface area contributed by atoms with Gasteiger partial charge in [0.1, 0.15) is 18.2 Å². The van der Waals surface area contributed by atoms with Crippen molar-refractivity contribution in [3.8, 4) is 0 Å². The molecule has 0 unspecified atom stereocenters. The molecule has 2 fully saturated rings. The van der Waals surface area contributed by atoms with Gasteiger partial charge in [0.2, 0.25) is 5.91 Å². The number of carbonyl (C=O) groups is 2. The van der Waals surface area contributed by atoms with Gasteiger partial charge in [-0.25, -0.2) is 13.6 Å². The molecule has 0 atom stereocenters. The molecule has 1 N–H and O–H groups in total. The molecule has 2 aliphatic rings. The molecule has 0 aliphatic carbocycles. The molecule has 29 heavy (non-hydrogen) atoms. The molecule has 152 valence electrons. The lowest BCUT2D eigenvalue weighted by Gasteiger charge is -2.36. The van der Waals surface area contributed by atoms with Crippen molar-refractivity contribution in [3.63, 3.8) is 0 Å². The Morgan fingerprint density at radius 2 is 1.76 bits per heavy atom. The minimum Gasteiger partial charge on any atom is -0.447 e. The fourth-order valence-corrected chi connectivity index (χ4v) is 3.78. The van der Waals surface area contributed by atoms with Gasteiger partial charge in [-0.1, -0.05) is 12.1 Å². The zero-order chi connectivity index (χ0) is 20.4. The van der Waals surface area contributed by atoms with Crippen molar-refractivity contribution in [2.24, 2.45) is 0 Å². The van der Waals surface area contributed by atoms with E-state index in [1.807, 2.05) is 0 Å². The predicted octanol–water partition coefficient (Wildman–Crippen LogP) is 3.61. The van der Waals surface area contributed by atoms with Gasteiger partial charge in [-0.15, -0.1) is 0 Å². The van der Waals surface area contributed by atoms with Crippen LogP contribution in [0.1, 0.15) is 18.4 Å². The Kier molecular flexibility index (Phi) is 5.19. The fourth-order valence-electron chi connectivity index (χ4n) is 3.78. The third-order valence-electron chi connectivity index (χ3n) is 5.45. The minimum absolute atomic E-state index is 0.0276. The molecule has 2 amide bonds. The predicted molar refractivity (Wildman–Crippen MR) is 102 cm³/mol. The fraction of sp³-hybridized carbons (Fsp3) is 0.333. The van der Waals surface area contributed by atoms with Gasteiger partial charge < -0.3 is 14.8 Å². The Bertz CT molecular complexity index is 927.